The number of aryl methyl sites for hydroxylation is 1. The lowest BCUT2D eigenvalue weighted by molar-refractivity contribution is 0.415. The molecule has 0 fully saturated rings. The minimum atomic E-state index is -0.0686. The van der Waals surface area contributed by atoms with Crippen LogP contribution in [0.25, 0.3) is 33.5 Å². The molecule has 0 N–H and O–H groups in total. The van der Waals surface area contributed by atoms with Crippen LogP contribution in [-0.2, 0) is 7.05 Å². The number of aromatic nitrogens is 3. The van der Waals surface area contributed by atoms with Crippen molar-refractivity contribution in [1.82, 2.24) is 13.9 Å². The number of rotatable bonds is 4. The number of methoxy groups -OCH3 is 1. The van der Waals surface area contributed by atoms with Crippen LogP contribution in [0.15, 0.2) is 89.9 Å². The van der Waals surface area contributed by atoms with E-state index in [1.54, 1.807) is 11.8 Å². The Morgan fingerprint density at radius 2 is 1.52 bits per heavy atom. The third-order valence-electron chi connectivity index (χ3n) is 5.51. The highest BCUT2D eigenvalue weighted by atomic mass is 35.5. The molecule has 0 saturated heterocycles. The van der Waals surface area contributed by atoms with Gasteiger partial charge in [0, 0.05) is 24.0 Å². The molecule has 0 atom stereocenters. The van der Waals surface area contributed by atoms with Gasteiger partial charge in [0.1, 0.15) is 5.75 Å². The molecule has 6 heteroatoms. The molecule has 0 aliphatic heterocycles. The molecule has 31 heavy (non-hydrogen) atoms. The number of hydrogen-bond acceptors (Lipinski definition) is 2. The molecule has 0 aliphatic carbocycles. The highest BCUT2D eigenvalue weighted by Gasteiger charge is 2.22. The third-order valence-corrected chi connectivity index (χ3v) is 5.76. The average Bonchev–Trinajstić information content (AvgIpc) is 3.31. The van der Waals surface area contributed by atoms with Crippen molar-refractivity contribution < 1.29 is 4.74 Å². The second kappa shape index (κ2) is 7.52. The van der Waals surface area contributed by atoms with Crippen LogP contribution in [0.5, 0.6) is 5.75 Å². The van der Waals surface area contributed by atoms with Gasteiger partial charge >= 0.3 is 0 Å². The lowest BCUT2D eigenvalue weighted by Gasteiger charge is -2.12. The van der Waals surface area contributed by atoms with Gasteiger partial charge in [-0.05, 0) is 54.1 Å². The first-order valence-corrected chi connectivity index (χ1v) is 10.2. The Kier molecular flexibility index (Phi) is 4.68. The molecule has 0 radical (unpaired) electrons. The molecule has 5 rings (SSSR count). The summed E-state index contributed by atoms with van der Waals surface area (Å²) in [6.45, 7) is 0. The summed E-state index contributed by atoms with van der Waals surface area (Å²) in [4.78, 5) is 13.6. The normalized spacial score (nSPS) is 11.2. The minimum absolute atomic E-state index is 0.0686. The Morgan fingerprint density at radius 3 is 2.16 bits per heavy atom. The quantitative estimate of drug-likeness (QED) is 0.381. The van der Waals surface area contributed by atoms with Crippen molar-refractivity contribution in [2.45, 2.75) is 0 Å². The maximum absolute atomic E-state index is 13.6. The van der Waals surface area contributed by atoms with E-state index in [0.717, 1.165) is 33.9 Å². The fraction of sp³-hybridized carbons (Fsp3) is 0.0800. The predicted octanol–water partition coefficient (Wildman–Crippen LogP) is 5.45. The first kappa shape index (κ1) is 19.3. The fourth-order valence-electron chi connectivity index (χ4n) is 4.00. The van der Waals surface area contributed by atoms with Gasteiger partial charge in [-0.1, -0.05) is 41.9 Å². The summed E-state index contributed by atoms with van der Waals surface area (Å²) in [7, 11) is 3.55. The molecule has 5 nitrogen and oxygen atoms in total. The number of halogens is 1. The van der Waals surface area contributed by atoms with Crippen LogP contribution in [0.1, 0.15) is 0 Å². The Labute approximate surface area is 184 Å². The van der Waals surface area contributed by atoms with E-state index in [1.807, 2.05) is 101 Å². The van der Waals surface area contributed by atoms with Gasteiger partial charge in [-0.15, -0.1) is 0 Å². The SMILES string of the molecule is COc1ccc(-n2cc3c(c2-c2ccc(Cl)cc2)c(=O)n(-c2ccccc2)n3C)cc1. The van der Waals surface area contributed by atoms with E-state index in [0.29, 0.717) is 10.4 Å². The van der Waals surface area contributed by atoms with Gasteiger partial charge in [0.15, 0.2) is 0 Å². The van der Waals surface area contributed by atoms with Crippen LogP contribution < -0.4 is 10.3 Å². The summed E-state index contributed by atoms with van der Waals surface area (Å²) < 4.78 is 10.9. The van der Waals surface area contributed by atoms with Crippen molar-refractivity contribution in [3.8, 4) is 28.4 Å². The summed E-state index contributed by atoms with van der Waals surface area (Å²) in [6.07, 6.45) is 2.00. The Hall–Kier alpha value is -3.70. The Balaban J connectivity index is 1.83. The van der Waals surface area contributed by atoms with E-state index in [9.17, 15) is 4.79 Å². The van der Waals surface area contributed by atoms with E-state index in [1.165, 1.54) is 0 Å². The zero-order valence-corrected chi connectivity index (χ0v) is 17.9. The van der Waals surface area contributed by atoms with Gasteiger partial charge in [0.25, 0.3) is 5.56 Å². The number of ether oxygens (including phenoxy) is 1. The van der Waals surface area contributed by atoms with Gasteiger partial charge in [-0.3, -0.25) is 9.48 Å². The lowest BCUT2D eigenvalue weighted by atomic mass is 10.1. The van der Waals surface area contributed by atoms with Gasteiger partial charge in [0.2, 0.25) is 0 Å². The van der Waals surface area contributed by atoms with Gasteiger partial charge in [-0.25, -0.2) is 4.68 Å². The summed E-state index contributed by atoms with van der Waals surface area (Å²) in [5, 5.41) is 1.31. The maximum atomic E-state index is 13.6. The van der Waals surface area contributed by atoms with Crippen LogP contribution in [-0.4, -0.2) is 21.0 Å². The van der Waals surface area contributed by atoms with Crippen molar-refractivity contribution in [2.75, 3.05) is 7.11 Å². The summed E-state index contributed by atoms with van der Waals surface area (Å²) in [5.41, 5.74) is 4.28. The van der Waals surface area contributed by atoms with Gasteiger partial charge < -0.3 is 9.30 Å². The molecule has 0 amide bonds. The van der Waals surface area contributed by atoms with E-state index in [-0.39, 0.29) is 5.56 Å². The number of nitrogens with zero attached hydrogens (tertiary/aromatic N) is 3. The molecule has 2 aromatic heterocycles. The predicted molar refractivity (Wildman–Crippen MR) is 125 cm³/mol. The molecule has 0 saturated carbocycles. The molecule has 0 aliphatic rings. The van der Waals surface area contributed by atoms with Crippen LogP contribution in [0.2, 0.25) is 5.02 Å². The molecule has 3 aromatic carbocycles. The lowest BCUT2D eigenvalue weighted by Crippen LogP contribution is -2.20. The fourth-order valence-corrected chi connectivity index (χ4v) is 4.12. The maximum Gasteiger partial charge on any atom is 0.281 e. The molecule has 0 unspecified atom stereocenters. The van der Waals surface area contributed by atoms with E-state index >= 15 is 0 Å². The molecule has 154 valence electrons. The zero-order chi connectivity index (χ0) is 21.5. The number of para-hydroxylation sites is 1. The van der Waals surface area contributed by atoms with Crippen molar-refractivity contribution in [3.63, 3.8) is 0 Å². The number of fused-ring (bicyclic) bond motifs is 1. The number of hydrogen-bond donors (Lipinski definition) is 0. The zero-order valence-electron chi connectivity index (χ0n) is 17.1. The third kappa shape index (κ3) is 3.14. The monoisotopic (exact) mass is 429 g/mol. The average molecular weight is 430 g/mol. The second-order valence-electron chi connectivity index (χ2n) is 7.29. The molecule has 0 bridgehead atoms. The first-order valence-electron chi connectivity index (χ1n) is 9.87. The van der Waals surface area contributed by atoms with Crippen LogP contribution in [0.3, 0.4) is 0 Å². The molecular weight excluding hydrogens is 410 g/mol. The minimum Gasteiger partial charge on any atom is -0.497 e. The van der Waals surface area contributed by atoms with Crippen molar-refractivity contribution in [2.24, 2.45) is 7.05 Å². The molecule has 0 spiro atoms. The molecular formula is C25H20ClN3O2. The summed E-state index contributed by atoms with van der Waals surface area (Å²) >= 11 is 6.13. The van der Waals surface area contributed by atoms with Crippen LogP contribution in [0.4, 0.5) is 0 Å². The van der Waals surface area contributed by atoms with Crippen molar-refractivity contribution >= 4 is 22.5 Å². The van der Waals surface area contributed by atoms with E-state index in [4.69, 9.17) is 16.3 Å². The molecule has 5 aromatic rings. The molecule has 2 heterocycles. The van der Waals surface area contributed by atoms with Gasteiger partial charge in [0.05, 0.1) is 29.4 Å². The van der Waals surface area contributed by atoms with Crippen LogP contribution >= 0.6 is 11.6 Å². The Bertz CT molecular complexity index is 1430. The van der Waals surface area contributed by atoms with Crippen molar-refractivity contribution in [3.05, 3.63) is 100 Å². The standard InChI is InChI=1S/C25H20ClN3O2/c1-27-22-16-28(19-12-14-21(31-2)15-13-19)24(17-8-10-18(26)11-9-17)23(22)25(30)29(27)20-6-4-3-5-7-20/h3-16H,1-2H3. The van der Waals surface area contributed by atoms with E-state index in [2.05, 4.69) is 0 Å². The smallest absolute Gasteiger partial charge is 0.281 e. The highest BCUT2D eigenvalue weighted by molar-refractivity contribution is 6.30. The van der Waals surface area contributed by atoms with Crippen molar-refractivity contribution in [1.29, 1.82) is 0 Å². The Morgan fingerprint density at radius 1 is 0.839 bits per heavy atom. The van der Waals surface area contributed by atoms with E-state index < -0.39 is 0 Å². The highest BCUT2D eigenvalue weighted by Crippen LogP contribution is 2.33. The summed E-state index contributed by atoms with van der Waals surface area (Å²) in [6, 6.07) is 25.0. The first-order chi connectivity index (χ1) is 15.1. The van der Waals surface area contributed by atoms with Crippen LogP contribution in [0, 0.1) is 0 Å². The second-order valence-corrected chi connectivity index (χ2v) is 7.73. The topological polar surface area (TPSA) is 41.1 Å². The number of benzene rings is 3. The largest absolute Gasteiger partial charge is 0.497 e. The van der Waals surface area contributed by atoms with Gasteiger partial charge in [-0.2, -0.15) is 0 Å². The summed E-state index contributed by atoms with van der Waals surface area (Å²) in [5.74, 6) is 0.778.